The van der Waals surface area contributed by atoms with E-state index in [1.54, 1.807) is 19.2 Å². The Morgan fingerprint density at radius 3 is 2.69 bits per heavy atom. The molecule has 0 spiro atoms. The second kappa shape index (κ2) is 8.20. The number of hydrogen-bond acceptors (Lipinski definition) is 5. The number of carboxylic acids is 1. The summed E-state index contributed by atoms with van der Waals surface area (Å²) in [5.74, 6) is 0.745. The molecular weight excluding hydrogens is 334 g/mol. The molecule has 0 bridgehead atoms. The maximum absolute atomic E-state index is 10.7. The van der Waals surface area contributed by atoms with Gasteiger partial charge in [0, 0.05) is 12.0 Å². The van der Waals surface area contributed by atoms with Crippen molar-refractivity contribution in [3.63, 3.8) is 0 Å². The first-order valence-corrected chi connectivity index (χ1v) is 8.17. The zero-order chi connectivity index (χ0) is 18.4. The van der Waals surface area contributed by atoms with Gasteiger partial charge in [-0.3, -0.25) is 4.79 Å². The van der Waals surface area contributed by atoms with E-state index in [1.165, 1.54) is 6.26 Å². The highest BCUT2D eigenvalue weighted by Gasteiger charge is 2.12. The van der Waals surface area contributed by atoms with Gasteiger partial charge in [0.05, 0.1) is 19.2 Å². The number of aryl methyl sites for hydroxylation is 1. The maximum Gasteiger partial charge on any atom is 0.303 e. The van der Waals surface area contributed by atoms with Crippen molar-refractivity contribution in [3.05, 3.63) is 66.1 Å². The van der Waals surface area contributed by atoms with Crippen LogP contribution in [0.25, 0.3) is 11.5 Å². The van der Waals surface area contributed by atoms with Crippen LogP contribution >= 0.6 is 0 Å². The van der Waals surface area contributed by atoms with Gasteiger partial charge in [0.1, 0.15) is 12.9 Å². The molecule has 26 heavy (non-hydrogen) atoms. The van der Waals surface area contributed by atoms with Crippen molar-refractivity contribution >= 4 is 5.97 Å². The Bertz CT molecular complexity index is 873. The minimum atomic E-state index is -0.865. The zero-order valence-corrected chi connectivity index (χ0v) is 14.3. The number of hydrogen-bond donors (Lipinski definition) is 1. The molecule has 0 aliphatic heterocycles. The number of rotatable bonds is 8. The Balaban J connectivity index is 1.77. The largest absolute Gasteiger partial charge is 0.493 e. The summed E-state index contributed by atoms with van der Waals surface area (Å²) >= 11 is 0. The second-order valence-corrected chi connectivity index (χ2v) is 5.68. The highest BCUT2D eigenvalue weighted by Crippen LogP contribution is 2.33. The number of aliphatic carboxylic acids is 1. The molecule has 0 saturated carbocycles. The smallest absolute Gasteiger partial charge is 0.303 e. The van der Waals surface area contributed by atoms with E-state index in [1.807, 2.05) is 36.4 Å². The van der Waals surface area contributed by atoms with Crippen LogP contribution in [0.2, 0.25) is 0 Å². The molecule has 0 radical (unpaired) electrons. The normalized spacial score (nSPS) is 10.5. The number of nitrogens with zero attached hydrogens (tertiary/aromatic N) is 1. The van der Waals surface area contributed by atoms with Gasteiger partial charge < -0.3 is 19.0 Å². The van der Waals surface area contributed by atoms with Gasteiger partial charge in [-0.2, -0.15) is 0 Å². The van der Waals surface area contributed by atoms with Crippen LogP contribution in [0.3, 0.4) is 0 Å². The third-order valence-corrected chi connectivity index (χ3v) is 3.79. The SMILES string of the molecule is COc1ccc(-c2nc(CCC(=O)O)co2)cc1OCc1ccccc1. The van der Waals surface area contributed by atoms with Crippen molar-refractivity contribution in [2.24, 2.45) is 0 Å². The topological polar surface area (TPSA) is 81.8 Å². The quantitative estimate of drug-likeness (QED) is 0.660. The molecule has 0 atom stereocenters. The van der Waals surface area contributed by atoms with Crippen LogP contribution < -0.4 is 9.47 Å². The Hall–Kier alpha value is -3.28. The van der Waals surface area contributed by atoms with E-state index in [0.717, 1.165) is 11.1 Å². The first-order chi connectivity index (χ1) is 12.7. The summed E-state index contributed by atoms with van der Waals surface area (Å²) in [6.07, 6.45) is 1.82. The maximum atomic E-state index is 10.7. The minimum Gasteiger partial charge on any atom is -0.493 e. The van der Waals surface area contributed by atoms with E-state index in [2.05, 4.69) is 4.98 Å². The molecule has 0 aliphatic rings. The number of carboxylic acid groups (broad SMARTS) is 1. The Kier molecular flexibility index (Phi) is 5.53. The summed E-state index contributed by atoms with van der Waals surface area (Å²) in [6.45, 7) is 0.413. The highest BCUT2D eigenvalue weighted by atomic mass is 16.5. The lowest BCUT2D eigenvalue weighted by molar-refractivity contribution is -0.136. The van der Waals surface area contributed by atoms with Gasteiger partial charge in [-0.05, 0) is 23.8 Å². The van der Waals surface area contributed by atoms with Gasteiger partial charge >= 0.3 is 5.97 Å². The van der Waals surface area contributed by atoms with Crippen LogP contribution in [-0.4, -0.2) is 23.2 Å². The monoisotopic (exact) mass is 353 g/mol. The molecule has 0 saturated heterocycles. The van der Waals surface area contributed by atoms with E-state index in [4.69, 9.17) is 19.0 Å². The number of carbonyl (C=O) groups is 1. The molecule has 3 aromatic rings. The number of oxazole rings is 1. The van der Waals surface area contributed by atoms with Crippen molar-refractivity contribution < 1.29 is 23.8 Å². The standard InChI is InChI=1S/C20H19NO5/c1-24-17-9-7-15(20-21-16(13-26-20)8-10-19(22)23)11-18(17)25-12-14-5-3-2-4-6-14/h2-7,9,11,13H,8,10,12H2,1H3,(H,22,23). The number of ether oxygens (including phenoxy) is 2. The van der Waals surface area contributed by atoms with Gasteiger partial charge in [0.15, 0.2) is 11.5 Å². The first kappa shape index (κ1) is 17.5. The Morgan fingerprint density at radius 2 is 1.96 bits per heavy atom. The fraction of sp³-hybridized carbons (Fsp3) is 0.200. The van der Waals surface area contributed by atoms with Gasteiger partial charge in [-0.1, -0.05) is 30.3 Å². The number of benzene rings is 2. The van der Waals surface area contributed by atoms with Crippen LogP contribution in [-0.2, 0) is 17.8 Å². The van der Waals surface area contributed by atoms with Crippen molar-refractivity contribution in [2.75, 3.05) is 7.11 Å². The molecule has 2 aromatic carbocycles. The summed E-state index contributed by atoms with van der Waals surface area (Å²) in [5, 5.41) is 8.76. The van der Waals surface area contributed by atoms with Gasteiger partial charge in [0.2, 0.25) is 5.89 Å². The van der Waals surface area contributed by atoms with E-state index >= 15 is 0 Å². The van der Waals surface area contributed by atoms with Gasteiger partial charge in [-0.25, -0.2) is 4.98 Å². The molecule has 6 nitrogen and oxygen atoms in total. The second-order valence-electron chi connectivity index (χ2n) is 5.68. The van der Waals surface area contributed by atoms with Crippen LogP contribution in [0, 0.1) is 0 Å². The Morgan fingerprint density at radius 1 is 1.15 bits per heavy atom. The molecule has 0 aliphatic carbocycles. The summed E-state index contributed by atoms with van der Waals surface area (Å²) in [5.41, 5.74) is 2.38. The summed E-state index contributed by atoms with van der Waals surface area (Å²) in [6, 6.07) is 15.2. The average Bonchev–Trinajstić information content (AvgIpc) is 3.14. The first-order valence-electron chi connectivity index (χ1n) is 8.17. The third-order valence-electron chi connectivity index (χ3n) is 3.79. The van der Waals surface area contributed by atoms with E-state index in [0.29, 0.717) is 36.1 Å². The molecule has 1 aromatic heterocycles. The zero-order valence-electron chi connectivity index (χ0n) is 14.3. The van der Waals surface area contributed by atoms with E-state index < -0.39 is 5.97 Å². The molecule has 134 valence electrons. The van der Waals surface area contributed by atoms with Crippen LogP contribution in [0.4, 0.5) is 0 Å². The van der Waals surface area contributed by atoms with Crippen molar-refractivity contribution in [1.82, 2.24) is 4.98 Å². The molecule has 6 heteroatoms. The number of methoxy groups -OCH3 is 1. The molecule has 0 unspecified atom stereocenters. The number of aromatic nitrogens is 1. The molecule has 1 N–H and O–H groups in total. The highest BCUT2D eigenvalue weighted by molar-refractivity contribution is 5.67. The summed E-state index contributed by atoms with van der Waals surface area (Å²) < 4.78 is 16.7. The fourth-order valence-electron chi connectivity index (χ4n) is 2.45. The van der Waals surface area contributed by atoms with Crippen molar-refractivity contribution in [1.29, 1.82) is 0 Å². The molecule has 1 heterocycles. The summed E-state index contributed by atoms with van der Waals surface area (Å²) in [7, 11) is 1.58. The minimum absolute atomic E-state index is 0.0139. The van der Waals surface area contributed by atoms with E-state index in [9.17, 15) is 4.79 Å². The molecule has 0 fully saturated rings. The fourth-order valence-corrected chi connectivity index (χ4v) is 2.45. The third kappa shape index (κ3) is 4.42. The lowest BCUT2D eigenvalue weighted by Gasteiger charge is -2.11. The van der Waals surface area contributed by atoms with Crippen molar-refractivity contribution in [2.45, 2.75) is 19.4 Å². The molecule has 0 amide bonds. The van der Waals surface area contributed by atoms with Crippen LogP contribution in [0.1, 0.15) is 17.7 Å². The summed E-state index contributed by atoms with van der Waals surface area (Å²) in [4.78, 5) is 15.0. The predicted octanol–water partition coefficient (Wildman–Crippen LogP) is 3.95. The van der Waals surface area contributed by atoms with Gasteiger partial charge in [0.25, 0.3) is 0 Å². The van der Waals surface area contributed by atoms with E-state index in [-0.39, 0.29) is 6.42 Å². The van der Waals surface area contributed by atoms with Crippen LogP contribution in [0.5, 0.6) is 11.5 Å². The van der Waals surface area contributed by atoms with Crippen molar-refractivity contribution in [3.8, 4) is 23.0 Å². The Labute approximate surface area is 151 Å². The van der Waals surface area contributed by atoms with Gasteiger partial charge in [-0.15, -0.1) is 0 Å². The predicted molar refractivity (Wildman–Crippen MR) is 95.2 cm³/mol. The molecular formula is C20H19NO5. The molecule has 3 rings (SSSR count). The lowest BCUT2D eigenvalue weighted by atomic mass is 10.2. The van der Waals surface area contributed by atoms with Crippen LogP contribution in [0.15, 0.2) is 59.2 Å². The average molecular weight is 353 g/mol. The lowest BCUT2D eigenvalue weighted by Crippen LogP contribution is -1.98.